The smallest absolute Gasteiger partial charge is 0.0782 e. The van der Waals surface area contributed by atoms with Gasteiger partial charge in [0.15, 0.2) is 0 Å². The standard InChI is InChI=1S/C7H17FN2/c1-4-5-7(2)10(8)6-9-3/h7,9H,4-6H2,1-3H3. The van der Waals surface area contributed by atoms with Crippen molar-refractivity contribution in [2.75, 3.05) is 13.7 Å². The van der Waals surface area contributed by atoms with E-state index in [2.05, 4.69) is 12.2 Å². The topological polar surface area (TPSA) is 15.3 Å². The monoisotopic (exact) mass is 148 g/mol. The molecule has 0 fully saturated rings. The van der Waals surface area contributed by atoms with Gasteiger partial charge in [-0.25, -0.2) is 0 Å². The first-order valence-electron chi connectivity index (χ1n) is 3.79. The molecule has 0 aliphatic rings. The fourth-order valence-corrected chi connectivity index (χ4v) is 0.865. The summed E-state index contributed by atoms with van der Waals surface area (Å²) in [5.74, 6) is 0. The van der Waals surface area contributed by atoms with Crippen molar-refractivity contribution in [3.05, 3.63) is 0 Å². The normalized spacial score (nSPS) is 14.1. The molecule has 3 heteroatoms. The molecule has 0 spiro atoms. The summed E-state index contributed by atoms with van der Waals surface area (Å²) < 4.78 is 12.8. The molecule has 0 aromatic rings. The molecule has 1 unspecified atom stereocenters. The molecule has 0 aliphatic carbocycles. The minimum Gasteiger partial charge on any atom is -0.305 e. The lowest BCUT2D eigenvalue weighted by atomic mass is 10.2. The lowest BCUT2D eigenvalue weighted by Crippen LogP contribution is -2.32. The van der Waals surface area contributed by atoms with Gasteiger partial charge in [-0.05, 0) is 20.4 Å². The number of hydrogen-bond donors (Lipinski definition) is 1. The van der Waals surface area contributed by atoms with Gasteiger partial charge in [-0.3, -0.25) is 0 Å². The molecule has 0 amide bonds. The third-order valence-electron chi connectivity index (χ3n) is 1.49. The number of rotatable bonds is 5. The highest BCUT2D eigenvalue weighted by Gasteiger charge is 2.09. The largest absolute Gasteiger partial charge is 0.305 e. The Labute approximate surface area is 62.3 Å². The SMILES string of the molecule is CCCC(C)N(F)CNC. The van der Waals surface area contributed by atoms with Crippen LogP contribution in [0.5, 0.6) is 0 Å². The molecule has 0 saturated carbocycles. The van der Waals surface area contributed by atoms with Crippen molar-refractivity contribution in [3.8, 4) is 0 Å². The molecule has 0 aliphatic heterocycles. The molecule has 1 N–H and O–H groups in total. The van der Waals surface area contributed by atoms with Crippen LogP contribution >= 0.6 is 0 Å². The van der Waals surface area contributed by atoms with Crippen LogP contribution in [-0.4, -0.2) is 24.9 Å². The van der Waals surface area contributed by atoms with Crippen LogP contribution in [0.15, 0.2) is 0 Å². The number of nitrogens with zero attached hydrogens (tertiary/aromatic N) is 1. The maximum atomic E-state index is 12.8. The summed E-state index contributed by atoms with van der Waals surface area (Å²) >= 11 is 0. The van der Waals surface area contributed by atoms with E-state index in [1.165, 1.54) is 0 Å². The van der Waals surface area contributed by atoms with E-state index in [9.17, 15) is 4.48 Å². The van der Waals surface area contributed by atoms with Crippen LogP contribution in [0, 0.1) is 0 Å². The van der Waals surface area contributed by atoms with Crippen LogP contribution in [-0.2, 0) is 0 Å². The first kappa shape index (κ1) is 9.85. The Hall–Kier alpha value is -0.150. The van der Waals surface area contributed by atoms with Gasteiger partial charge in [0.25, 0.3) is 0 Å². The molecule has 1 atom stereocenters. The van der Waals surface area contributed by atoms with Crippen LogP contribution in [0.2, 0.25) is 0 Å². The maximum Gasteiger partial charge on any atom is 0.0782 e. The zero-order valence-electron chi connectivity index (χ0n) is 7.02. The van der Waals surface area contributed by atoms with Crippen molar-refractivity contribution in [2.24, 2.45) is 0 Å². The van der Waals surface area contributed by atoms with Crippen molar-refractivity contribution in [3.63, 3.8) is 0 Å². The predicted molar refractivity (Wildman–Crippen MR) is 41.2 cm³/mol. The summed E-state index contributed by atoms with van der Waals surface area (Å²) in [7, 11) is 1.74. The van der Waals surface area contributed by atoms with Gasteiger partial charge in [0.2, 0.25) is 0 Å². The molecule has 0 heterocycles. The second-order valence-electron chi connectivity index (χ2n) is 2.55. The third-order valence-corrected chi connectivity index (χ3v) is 1.49. The summed E-state index contributed by atoms with van der Waals surface area (Å²) in [6.45, 7) is 4.27. The van der Waals surface area contributed by atoms with Gasteiger partial charge in [-0.1, -0.05) is 13.3 Å². The van der Waals surface area contributed by atoms with Crippen molar-refractivity contribution in [1.82, 2.24) is 10.4 Å². The summed E-state index contributed by atoms with van der Waals surface area (Å²) in [6.07, 6.45) is 1.95. The number of halogens is 1. The highest BCUT2D eigenvalue weighted by atomic mass is 19.2. The zero-order chi connectivity index (χ0) is 7.98. The van der Waals surface area contributed by atoms with E-state index in [0.717, 1.165) is 18.0 Å². The van der Waals surface area contributed by atoms with Gasteiger partial charge in [0.05, 0.1) is 6.67 Å². The predicted octanol–water partition coefficient (Wildman–Crippen LogP) is 1.54. The molecular formula is C7H17FN2. The summed E-state index contributed by atoms with van der Waals surface area (Å²) in [6, 6.07) is 0.0393. The van der Waals surface area contributed by atoms with E-state index in [1.807, 2.05) is 6.92 Å². The number of nitrogens with one attached hydrogen (secondary N) is 1. The van der Waals surface area contributed by atoms with E-state index in [4.69, 9.17) is 0 Å². The minimum absolute atomic E-state index is 0.0393. The van der Waals surface area contributed by atoms with E-state index < -0.39 is 0 Å². The minimum atomic E-state index is 0.0393. The van der Waals surface area contributed by atoms with Crippen LogP contribution < -0.4 is 5.32 Å². The summed E-state index contributed by atoms with van der Waals surface area (Å²) in [5, 5.41) is 3.58. The lowest BCUT2D eigenvalue weighted by Gasteiger charge is -2.18. The Morgan fingerprint density at radius 1 is 1.60 bits per heavy atom. The second kappa shape index (κ2) is 5.62. The highest BCUT2D eigenvalue weighted by molar-refractivity contribution is 4.55. The van der Waals surface area contributed by atoms with E-state index in [1.54, 1.807) is 7.05 Å². The highest BCUT2D eigenvalue weighted by Crippen LogP contribution is 2.04. The molecule has 0 aromatic carbocycles. The fraction of sp³-hybridized carbons (Fsp3) is 1.00. The molecule has 0 saturated heterocycles. The molecule has 0 aromatic heterocycles. The Morgan fingerprint density at radius 3 is 2.60 bits per heavy atom. The van der Waals surface area contributed by atoms with E-state index >= 15 is 0 Å². The molecule has 0 radical (unpaired) electrons. The average Bonchev–Trinajstić information content (AvgIpc) is 1.89. The van der Waals surface area contributed by atoms with Crippen molar-refractivity contribution in [1.29, 1.82) is 0 Å². The molecular weight excluding hydrogens is 131 g/mol. The van der Waals surface area contributed by atoms with Crippen LogP contribution in [0.4, 0.5) is 4.48 Å². The molecule has 62 valence electrons. The fourth-order valence-electron chi connectivity index (χ4n) is 0.865. The van der Waals surface area contributed by atoms with Crippen molar-refractivity contribution in [2.45, 2.75) is 32.7 Å². The molecule has 2 nitrogen and oxygen atoms in total. The third kappa shape index (κ3) is 3.80. The van der Waals surface area contributed by atoms with E-state index in [0.29, 0.717) is 6.67 Å². The molecule has 10 heavy (non-hydrogen) atoms. The van der Waals surface area contributed by atoms with Gasteiger partial charge in [0, 0.05) is 6.04 Å². The second-order valence-corrected chi connectivity index (χ2v) is 2.55. The summed E-state index contributed by atoms with van der Waals surface area (Å²) in [4.78, 5) is 0. The first-order chi connectivity index (χ1) is 4.72. The first-order valence-corrected chi connectivity index (χ1v) is 3.79. The Balaban J connectivity index is 3.38. The van der Waals surface area contributed by atoms with Crippen LogP contribution in [0.25, 0.3) is 0 Å². The Bertz CT molecular complexity index is 68.0. The Kier molecular flexibility index (Phi) is 5.54. The lowest BCUT2D eigenvalue weighted by molar-refractivity contribution is -0.0240. The molecule has 0 rings (SSSR count). The van der Waals surface area contributed by atoms with Gasteiger partial charge in [0.1, 0.15) is 0 Å². The van der Waals surface area contributed by atoms with Crippen LogP contribution in [0.3, 0.4) is 0 Å². The van der Waals surface area contributed by atoms with E-state index in [-0.39, 0.29) is 6.04 Å². The zero-order valence-corrected chi connectivity index (χ0v) is 7.02. The summed E-state index contributed by atoms with van der Waals surface area (Å²) in [5.41, 5.74) is 0. The van der Waals surface area contributed by atoms with Gasteiger partial charge >= 0.3 is 0 Å². The van der Waals surface area contributed by atoms with Crippen molar-refractivity contribution < 1.29 is 4.48 Å². The Morgan fingerprint density at radius 2 is 2.20 bits per heavy atom. The number of hydrogen-bond acceptors (Lipinski definition) is 2. The average molecular weight is 148 g/mol. The van der Waals surface area contributed by atoms with Gasteiger partial charge in [-0.15, -0.1) is 9.60 Å². The molecule has 0 bridgehead atoms. The quantitative estimate of drug-likeness (QED) is 0.470. The van der Waals surface area contributed by atoms with Crippen molar-refractivity contribution >= 4 is 0 Å². The maximum absolute atomic E-state index is 12.8. The van der Waals surface area contributed by atoms with Gasteiger partial charge in [-0.2, -0.15) is 0 Å². The van der Waals surface area contributed by atoms with Crippen LogP contribution in [0.1, 0.15) is 26.7 Å². The van der Waals surface area contributed by atoms with Gasteiger partial charge < -0.3 is 5.32 Å².